The fourth-order valence-electron chi connectivity index (χ4n) is 1.24. The maximum atomic E-state index is 11.1. The van der Waals surface area contributed by atoms with E-state index in [1.54, 1.807) is 12.1 Å². The van der Waals surface area contributed by atoms with Gasteiger partial charge >= 0.3 is 5.97 Å². The average molecular weight is 253 g/mol. The number of allylic oxidation sites excluding steroid dienone is 2. The van der Waals surface area contributed by atoms with Crippen molar-refractivity contribution < 1.29 is 19.8 Å². The monoisotopic (exact) mass is 252 g/mol. The zero-order valence-electron chi connectivity index (χ0n) is 8.63. The molecule has 2 N–H and O–H groups in total. The molecule has 0 aliphatic heterocycles. The van der Waals surface area contributed by atoms with Gasteiger partial charge in [0.2, 0.25) is 0 Å². The number of carbonyl (C=O) groups is 2. The normalized spacial score (nSPS) is 12.3. The lowest BCUT2D eigenvalue weighted by molar-refractivity contribution is -0.130. The van der Waals surface area contributed by atoms with Gasteiger partial charge in [0.15, 0.2) is 0 Å². The molecular formula is C12H9ClO4. The van der Waals surface area contributed by atoms with Crippen molar-refractivity contribution >= 4 is 29.4 Å². The third-order valence-corrected chi connectivity index (χ3v) is 2.28. The SMILES string of the molecule is O=CC=CC(O)=C(C(=O)O)c1ccccc1Cl. The quantitative estimate of drug-likeness (QED) is 0.374. The number of hydrogen-bond donors (Lipinski definition) is 2. The number of rotatable bonds is 4. The number of carboxylic acids is 1. The van der Waals surface area contributed by atoms with E-state index in [0.717, 1.165) is 12.2 Å². The summed E-state index contributed by atoms with van der Waals surface area (Å²) in [5.74, 6) is -1.86. The highest BCUT2D eigenvalue weighted by Gasteiger charge is 2.17. The van der Waals surface area contributed by atoms with Crippen molar-refractivity contribution in [3.63, 3.8) is 0 Å². The molecule has 1 aromatic carbocycles. The number of halogens is 1. The first-order valence-electron chi connectivity index (χ1n) is 4.61. The van der Waals surface area contributed by atoms with E-state index in [-0.39, 0.29) is 16.2 Å². The van der Waals surface area contributed by atoms with E-state index in [0.29, 0.717) is 6.29 Å². The molecule has 0 amide bonds. The lowest BCUT2D eigenvalue weighted by Crippen LogP contribution is -2.03. The molecule has 0 fully saturated rings. The molecular weight excluding hydrogens is 244 g/mol. The summed E-state index contributed by atoms with van der Waals surface area (Å²) in [7, 11) is 0. The van der Waals surface area contributed by atoms with Gasteiger partial charge < -0.3 is 10.2 Å². The molecule has 4 nitrogen and oxygen atoms in total. The number of aldehydes is 1. The minimum Gasteiger partial charge on any atom is -0.507 e. The fraction of sp³-hybridized carbons (Fsp3) is 0. The van der Waals surface area contributed by atoms with Crippen molar-refractivity contribution in [3.05, 3.63) is 52.8 Å². The number of benzene rings is 1. The minimum atomic E-state index is -1.33. The summed E-state index contributed by atoms with van der Waals surface area (Å²) in [5.41, 5.74) is -0.164. The van der Waals surface area contributed by atoms with Crippen molar-refractivity contribution in [1.82, 2.24) is 0 Å². The Bertz CT molecular complexity index is 503. The maximum Gasteiger partial charge on any atom is 0.340 e. The predicted octanol–water partition coefficient (Wildman–Crippen LogP) is 2.45. The lowest BCUT2D eigenvalue weighted by atomic mass is 10.0. The molecule has 0 radical (unpaired) electrons. The Balaban J connectivity index is 3.38. The molecule has 88 valence electrons. The molecule has 0 heterocycles. The molecule has 1 aromatic rings. The molecule has 0 spiro atoms. The van der Waals surface area contributed by atoms with Gasteiger partial charge in [0.1, 0.15) is 17.6 Å². The smallest absolute Gasteiger partial charge is 0.340 e. The van der Waals surface area contributed by atoms with Crippen LogP contribution in [0, 0.1) is 0 Å². The summed E-state index contributed by atoms with van der Waals surface area (Å²) in [5, 5.41) is 18.8. The number of carboxylic acid groups (broad SMARTS) is 1. The largest absolute Gasteiger partial charge is 0.507 e. The van der Waals surface area contributed by atoms with Crippen LogP contribution in [0.25, 0.3) is 5.57 Å². The Morgan fingerprint density at radius 2 is 1.88 bits per heavy atom. The van der Waals surface area contributed by atoms with Crippen molar-refractivity contribution in [2.45, 2.75) is 0 Å². The van der Waals surface area contributed by atoms with Gasteiger partial charge in [-0.05, 0) is 18.2 Å². The Kier molecular flexibility index (Phi) is 4.48. The molecule has 0 unspecified atom stereocenters. The van der Waals surface area contributed by atoms with Crippen LogP contribution < -0.4 is 0 Å². The van der Waals surface area contributed by atoms with Gasteiger partial charge in [-0.15, -0.1) is 0 Å². The van der Waals surface area contributed by atoms with Crippen molar-refractivity contribution in [1.29, 1.82) is 0 Å². The first kappa shape index (κ1) is 13.0. The first-order valence-corrected chi connectivity index (χ1v) is 4.99. The van der Waals surface area contributed by atoms with Gasteiger partial charge in [0.05, 0.1) is 0 Å². The summed E-state index contributed by atoms with van der Waals surface area (Å²) in [6, 6.07) is 6.22. The van der Waals surface area contributed by atoms with Crippen molar-refractivity contribution in [2.75, 3.05) is 0 Å². The van der Waals surface area contributed by atoms with Crippen LogP contribution in [0.1, 0.15) is 5.56 Å². The Labute approximate surface area is 102 Å². The Hall–Kier alpha value is -2.07. The molecule has 0 saturated carbocycles. The molecule has 0 saturated heterocycles. The van der Waals surface area contributed by atoms with Gasteiger partial charge in [-0.2, -0.15) is 0 Å². The van der Waals surface area contributed by atoms with Crippen LogP contribution in [0.5, 0.6) is 0 Å². The first-order chi connectivity index (χ1) is 8.07. The van der Waals surface area contributed by atoms with E-state index in [1.807, 2.05) is 0 Å². The Morgan fingerprint density at radius 1 is 1.24 bits per heavy atom. The van der Waals surface area contributed by atoms with Gasteiger partial charge in [-0.25, -0.2) is 4.79 Å². The molecule has 5 heteroatoms. The summed E-state index contributed by atoms with van der Waals surface area (Å²) in [6.07, 6.45) is 2.43. The van der Waals surface area contributed by atoms with Gasteiger partial charge in [0, 0.05) is 10.6 Å². The minimum absolute atomic E-state index is 0.190. The third kappa shape index (κ3) is 3.19. The standard InChI is InChI=1S/C12H9ClO4/c13-9-5-2-1-4-8(9)11(12(16)17)10(15)6-3-7-14/h1-7,15H,(H,16,17). The second-order valence-corrected chi connectivity index (χ2v) is 3.45. The van der Waals surface area contributed by atoms with E-state index in [2.05, 4.69) is 0 Å². The molecule has 0 atom stereocenters. The summed E-state index contributed by atoms with van der Waals surface area (Å²) < 4.78 is 0. The van der Waals surface area contributed by atoms with E-state index < -0.39 is 11.7 Å². The zero-order valence-corrected chi connectivity index (χ0v) is 9.39. The van der Waals surface area contributed by atoms with Crippen LogP contribution >= 0.6 is 11.6 Å². The topological polar surface area (TPSA) is 74.6 Å². The van der Waals surface area contributed by atoms with Crippen LogP contribution in [-0.2, 0) is 9.59 Å². The molecule has 0 aliphatic rings. The molecule has 0 aromatic heterocycles. The second kappa shape index (κ2) is 5.86. The van der Waals surface area contributed by atoms with Gasteiger partial charge in [0.25, 0.3) is 0 Å². The van der Waals surface area contributed by atoms with E-state index in [1.165, 1.54) is 12.1 Å². The molecule has 1 rings (SSSR count). The van der Waals surface area contributed by atoms with Gasteiger partial charge in [-0.3, -0.25) is 4.79 Å². The van der Waals surface area contributed by atoms with Crippen LogP contribution in [0.15, 0.2) is 42.2 Å². The van der Waals surface area contributed by atoms with Crippen LogP contribution in [0.3, 0.4) is 0 Å². The highest BCUT2D eigenvalue weighted by molar-refractivity contribution is 6.34. The Morgan fingerprint density at radius 3 is 2.41 bits per heavy atom. The number of aliphatic hydroxyl groups excluding tert-OH is 1. The lowest BCUT2D eigenvalue weighted by Gasteiger charge is -2.06. The van der Waals surface area contributed by atoms with E-state index in [9.17, 15) is 14.7 Å². The average Bonchev–Trinajstić information content (AvgIpc) is 2.29. The van der Waals surface area contributed by atoms with Crippen LogP contribution in [0.2, 0.25) is 5.02 Å². The van der Waals surface area contributed by atoms with Crippen molar-refractivity contribution in [3.8, 4) is 0 Å². The summed E-state index contributed by atoms with van der Waals surface area (Å²) in [6.45, 7) is 0. The van der Waals surface area contributed by atoms with Crippen LogP contribution in [-0.4, -0.2) is 22.5 Å². The highest BCUT2D eigenvalue weighted by Crippen LogP contribution is 2.26. The number of carbonyl (C=O) groups excluding carboxylic acids is 1. The fourth-order valence-corrected chi connectivity index (χ4v) is 1.47. The summed E-state index contributed by atoms with van der Waals surface area (Å²) in [4.78, 5) is 21.2. The number of aliphatic hydroxyl groups is 1. The molecule has 0 aliphatic carbocycles. The summed E-state index contributed by atoms with van der Waals surface area (Å²) >= 11 is 5.84. The third-order valence-electron chi connectivity index (χ3n) is 1.95. The van der Waals surface area contributed by atoms with E-state index in [4.69, 9.17) is 16.7 Å². The maximum absolute atomic E-state index is 11.1. The molecule has 17 heavy (non-hydrogen) atoms. The number of hydrogen-bond acceptors (Lipinski definition) is 3. The predicted molar refractivity (Wildman–Crippen MR) is 63.8 cm³/mol. The van der Waals surface area contributed by atoms with Gasteiger partial charge in [-0.1, -0.05) is 29.8 Å². The number of aliphatic carboxylic acids is 1. The second-order valence-electron chi connectivity index (χ2n) is 3.04. The molecule has 0 bridgehead atoms. The van der Waals surface area contributed by atoms with Crippen molar-refractivity contribution in [2.24, 2.45) is 0 Å². The van der Waals surface area contributed by atoms with Crippen LogP contribution in [0.4, 0.5) is 0 Å². The zero-order chi connectivity index (χ0) is 12.8. The van der Waals surface area contributed by atoms with E-state index >= 15 is 0 Å². The highest BCUT2D eigenvalue weighted by atomic mass is 35.5.